The van der Waals surface area contributed by atoms with Gasteiger partial charge in [0.25, 0.3) is 5.91 Å². The van der Waals surface area contributed by atoms with Crippen LogP contribution in [0.2, 0.25) is 5.02 Å². The van der Waals surface area contributed by atoms with Gasteiger partial charge in [-0.3, -0.25) is 4.79 Å². The van der Waals surface area contributed by atoms with Gasteiger partial charge in [0.1, 0.15) is 5.75 Å². The maximum atomic E-state index is 12.0. The molecule has 1 aromatic carbocycles. The van der Waals surface area contributed by atoms with Crippen LogP contribution in [0.15, 0.2) is 24.3 Å². The zero-order valence-corrected chi connectivity index (χ0v) is 11.8. The second-order valence-electron chi connectivity index (χ2n) is 4.73. The number of nitrogens with one attached hydrogen (secondary N) is 1. The van der Waals surface area contributed by atoms with Gasteiger partial charge in [-0.1, -0.05) is 17.7 Å². The van der Waals surface area contributed by atoms with Crippen molar-refractivity contribution >= 4 is 17.5 Å². The number of benzene rings is 1. The SMILES string of the molecule is CN(C(=O)COc1cccc(Cl)c1)C1CCNCC1. The van der Waals surface area contributed by atoms with E-state index in [2.05, 4.69) is 5.32 Å². The van der Waals surface area contributed by atoms with Gasteiger partial charge in [-0.2, -0.15) is 0 Å². The van der Waals surface area contributed by atoms with E-state index in [1.165, 1.54) is 0 Å². The summed E-state index contributed by atoms with van der Waals surface area (Å²) in [5.74, 6) is 0.631. The molecule has 0 unspecified atom stereocenters. The summed E-state index contributed by atoms with van der Waals surface area (Å²) in [5, 5.41) is 3.90. The van der Waals surface area contributed by atoms with Gasteiger partial charge in [-0.25, -0.2) is 0 Å². The number of halogens is 1. The minimum absolute atomic E-state index is 0.00637. The number of rotatable bonds is 4. The van der Waals surface area contributed by atoms with Gasteiger partial charge < -0.3 is 15.0 Å². The first-order valence-electron chi connectivity index (χ1n) is 6.51. The zero-order valence-electron chi connectivity index (χ0n) is 11.1. The number of hydrogen-bond acceptors (Lipinski definition) is 3. The van der Waals surface area contributed by atoms with Crippen LogP contribution in [-0.2, 0) is 4.79 Å². The predicted octanol–water partition coefficient (Wildman–Crippen LogP) is 1.93. The van der Waals surface area contributed by atoms with Gasteiger partial charge in [0.05, 0.1) is 0 Å². The van der Waals surface area contributed by atoms with Crippen molar-refractivity contribution in [3.8, 4) is 5.75 Å². The highest BCUT2D eigenvalue weighted by molar-refractivity contribution is 6.30. The molecule has 1 amide bonds. The standard InChI is InChI=1S/C14H19ClN2O2/c1-17(12-5-7-16-8-6-12)14(18)10-19-13-4-2-3-11(15)9-13/h2-4,9,12,16H,5-8,10H2,1H3. The highest BCUT2D eigenvalue weighted by atomic mass is 35.5. The monoisotopic (exact) mass is 282 g/mol. The largest absolute Gasteiger partial charge is 0.484 e. The van der Waals surface area contributed by atoms with Gasteiger partial charge >= 0.3 is 0 Å². The Morgan fingerprint density at radius 3 is 2.89 bits per heavy atom. The maximum Gasteiger partial charge on any atom is 0.260 e. The number of nitrogens with zero attached hydrogens (tertiary/aromatic N) is 1. The average Bonchev–Trinajstić information content (AvgIpc) is 2.45. The first-order chi connectivity index (χ1) is 9.16. The molecule has 0 saturated carbocycles. The van der Waals surface area contributed by atoms with E-state index in [9.17, 15) is 4.79 Å². The van der Waals surface area contributed by atoms with Crippen LogP contribution in [-0.4, -0.2) is 43.6 Å². The summed E-state index contributed by atoms with van der Waals surface area (Å²) in [6, 6.07) is 7.40. The van der Waals surface area contributed by atoms with Crippen molar-refractivity contribution in [2.75, 3.05) is 26.7 Å². The van der Waals surface area contributed by atoms with Crippen LogP contribution in [0.3, 0.4) is 0 Å². The highest BCUT2D eigenvalue weighted by Crippen LogP contribution is 2.17. The number of likely N-dealkylation sites (N-methyl/N-ethyl adjacent to an activating group) is 1. The van der Waals surface area contributed by atoms with Crippen molar-refractivity contribution < 1.29 is 9.53 Å². The molecule has 5 heteroatoms. The van der Waals surface area contributed by atoms with E-state index in [4.69, 9.17) is 16.3 Å². The minimum Gasteiger partial charge on any atom is -0.484 e. The fraction of sp³-hybridized carbons (Fsp3) is 0.500. The van der Waals surface area contributed by atoms with Crippen LogP contribution in [0.4, 0.5) is 0 Å². The highest BCUT2D eigenvalue weighted by Gasteiger charge is 2.21. The summed E-state index contributed by atoms with van der Waals surface area (Å²) < 4.78 is 5.47. The van der Waals surface area contributed by atoms with Gasteiger partial charge in [0.15, 0.2) is 6.61 Å². The van der Waals surface area contributed by atoms with Crippen molar-refractivity contribution in [2.24, 2.45) is 0 Å². The average molecular weight is 283 g/mol. The lowest BCUT2D eigenvalue weighted by atomic mass is 10.1. The van der Waals surface area contributed by atoms with E-state index in [0.29, 0.717) is 16.8 Å². The van der Waals surface area contributed by atoms with Crippen LogP contribution in [0.1, 0.15) is 12.8 Å². The smallest absolute Gasteiger partial charge is 0.260 e. The summed E-state index contributed by atoms with van der Waals surface area (Å²) in [4.78, 5) is 13.8. The molecule has 1 N–H and O–H groups in total. The predicted molar refractivity (Wildman–Crippen MR) is 75.6 cm³/mol. The van der Waals surface area contributed by atoms with E-state index in [1.807, 2.05) is 7.05 Å². The first-order valence-corrected chi connectivity index (χ1v) is 6.89. The van der Waals surface area contributed by atoms with E-state index in [1.54, 1.807) is 29.2 Å². The van der Waals surface area contributed by atoms with Crippen molar-refractivity contribution in [3.05, 3.63) is 29.3 Å². The van der Waals surface area contributed by atoms with Gasteiger partial charge in [0, 0.05) is 18.1 Å². The molecule has 1 fully saturated rings. The van der Waals surface area contributed by atoms with Crippen LogP contribution in [0.25, 0.3) is 0 Å². The van der Waals surface area contributed by atoms with E-state index < -0.39 is 0 Å². The first kappa shape index (κ1) is 14.2. The maximum absolute atomic E-state index is 12.0. The van der Waals surface area contributed by atoms with Gasteiger partial charge in [-0.15, -0.1) is 0 Å². The normalized spacial score (nSPS) is 16.1. The lowest BCUT2D eigenvalue weighted by molar-refractivity contribution is -0.134. The Bertz CT molecular complexity index is 433. The molecule has 0 aromatic heterocycles. The summed E-state index contributed by atoms with van der Waals surface area (Å²) >= 11 is 5.86. The number of carbonyl (C=O) groups excluding carboxylic acids is 1. The number of hydrogen-bond donors (Lipinski definition) is 1. The Morgan fingerprint density at radius 2 is 2.21 bits per heavy atom. The molecule has 0 aliphatic carbocycles. The lowest BCUT2D eigenvalue weighted by Gasteiger charge is -2.31. The molecule has 0 atom stereocenters. The van der Waals surface area contributed by atoms with Crippen LogP contribution in [0.5, 0.6) is 5.75 Å². The summed E-state index contributed by atoms with van der Waals surface area (Å²) in [5.41, 5.74) is 0. The molecule has 0 spiro atoms. The molecule has 1 heterocycles. The molecule has 1 aromatic rings. The Kier molecular flexibility index (Phi) is 5.05. The van der Waals surface area contributed by atoms with E-state index in [0.717, 1.165) is 25.9 Å². The van der Waals surface area contributed by atoms with Gasteiger partial charge in [0.2, 0.25) is 0 Å². The van der Waals surface area contributed by atoms with Crippen molar-refractivity contribution in [3.63, 3.8) is 0 Å². The molecule has 1 aliphatic heterocycles. The van der Waals surface area contributed by atoms with Gasteiger partial charge in [-0.05, 0) is 44.1 Å². The fourth-order valence-corrected chi connectivity index (χ4v) is 2.38. The van der Waals surface area contributed by atoms with E-state index >= 15 is 0 Å². The summed E-state index contributed by atoms with van der Waals surface area (Å²) in [6.45, 7) is 2.00. The number of amides is 1. The molecule has 1 saturated heterocycles. The Labute approximate surface area is 118 Å². The molecule has 0 radical (unpaired) electrons. The Balaban J connectivity index is 1.83. The van der Waals surface area contributed by atoms with Crippen molar-refractivity contribution in [1.82, 2.24) is 10.2 Å². The number of ether oxygens (including phenoxy) is 1. The molecular weight excluding hydrogens is 264 g/mol. The topological polar surface area (TPSA) is 41.6 Å². The van der Waals surface area contributed by atoms with Crippen LogP contribution >= 0.6 is 11.6 Å². The fourth-order valence-electron chi connectivity index (χ4n) is 2.20. The van der Waals surface area contributed by atoms with Crippen LogP contribution in [0, 0.1) is 0 Å². The number of carbonyl (C=O) groups is 1. The Morgan fingerprint density at radius 1 is 1.47 bits per heavy atom. The lowest BCUT2D eigenvalue weighted by Crippen LogP contribution is -2.45. The molecule has 1 aliphatic rings. The molecule has 4 nitrogen and oxygen atoms in total. The molecule has 19 heavy (non-hydrogen) atoms. The van der Waals surface area contributed by atoms with Crippen LogP contribution < -0.4 is 10.1 Å². The quantitative estimate of drug-likeness (QED) is 0.917. The second kappa shape index (κ2) is 6.78. The van der Waals surface area contributed by atoms with Crippen molar-refractivity contribution in [1.29, 1.82) is 0 Å². The Hall–Kier alpha value is -1.26. The third-order valence-corrected chi connectivity index (χ3v) is 3.64. The minimum atomic E-state index is 0.00637. The molecule has 2 rings (SSSR count). The summed E-state index contributed by atoms with van der Waals surface area (Å²) in [7, 11) is 1.85. The zero-order chi connectivity index (χ0) is 13.7. The molecule has 104 valence electrons. The second-order valence-corrected chi connectivity index (χ2v) is 5.17. The van der Waals surface area contributed by atoms with Crippen molar-refractivity contribution in [2.45, 2.75) is 18.9 Å². The summed E-state index contributed by atoms with van der Waals surface area (Å²) in [6.07, 6.45) is 2.00. The molecule has 0 bridgehead atoms. The van der Waals surface area contributed by atoms with E-state index in [-0.39, 0.29) is 12.5 Å². The third kappa shape index (κ3) is 4.11. The number of piperidine rings is 1. The molecular formula is C14H19ClN2O2. The third-order valence-electron chi connectivity index (χ3n) is 3.41.